The summed E-state index contributed by atoms with van der Waals surface area (Å²) in [6.07, 6.45) is 5.43. The summed E-state index contributed by atoms with van der Waals surface area (Å²) in [6.45, 7) is 5.80. The normalized spacial score (nSPS) is 16.4. The second-order valence-corrected chi connectivity index (χ2v) is 4.21. The van der Waals surface area contributed by atoms with Gasteiger partial charge in [0.05, 0.1) is 10.1 Å². The van der Waals surface area contributed by atoms with Crippen LogP contribution in [-0.4, -0.2) is 5.97 Å². The van der Waals surface area contributed by atoms with Crippen molar-refractivity contribution in [3.05, 3.63) is 22.4 Å². The summed E-state index contributed by atoms with van der Waals surface area (Å²) in [7, 11) is 0. The van der Waals surface area contributed by atoms with E-state index in [0.29, 0.717) is 5.76 Å². The molecule has 0 aromatic heterocycles. The summed E-state index contributed by atoms with van der Waals surface area (Å²) in [4.78, 5) is 11.3. The molecule has 1 aliphatic heterocycles. The Morgan fingerprint density at radius 1 is 1.36 bits per heavy atom. The fraction of sp³-hybridized carbons (Fsp3) is 0.545. The molecule has 0 unspecified atom stereocenters. The van der Waals surface area contributed by atoms with Crippen LogP contribution in [0.15, 0.2) is 22.4 Å². The Morgan fingerprint density at radius 3 is 2.57 bits per heavy atom. The molecule has 1 aliphatic rings. The van der Waals surface area contributed by atoms with Gasteiger partial charge < -0.3 is 4.74 Å². The minimum Gasteiger partial charge on any atom is -0.423 e. The molecular formula is C11H15BrO2. The molecule has 0 N–H and O–H groups in total. The van der Waals surface area contributed by atoms with E-state index in [1.54, 1.807) is 0 Å². The molecule has 14 heavy (non-hydrogen) atoms. The molecule has 78 valence electrons. The third-order valence-electron chi connectivity index (χ3n) is 2.25. The quantitative estimate of drug-likeness (QED) is 0.556. The molecule has 0 bridgehead atoms. The Kier molecular flexibility index (Phi) is 4.39. The van der Waals surface area contributed by atoms with Crippen LogP contribution in [0.25, 0.3) is 0 Å². The zero-order valence-corrected chi connectivity index (χ0v) is 10.0. The summed E-state index contributed by atoms with van der Waals surface area (Å²) in [5.41, 5.74) is 0.742. The Hall–Kier alpha value is -0.570. The van der Waals surface area contributed by atoms with E-state index in [1.807, 2.05) is 0 Å². The van der Waals surface area contributed by atoms with Gasteiger partial charge in [0.1, 0.15) is 5.76 Å². The predicted octanol–water partition coefficient (Wildman–Crippen LogP) is 3.68. The highest BCUT2D eigenvalue weighted by Crippen LogP contribution is 2.32. The van der Waals surface area contributed by atoms with Gasteiger partial charge in [-0.25, -0.2) is 4.79 Å². The van der Waals surface area contributed by atoms with Crippen LogP contribution in [0.2, 0.25) is 0 Å². The van der Waals surface area contributed by atoms with E-state index in [0.717, 1.165) is 22.9 Å². The molecule has 1 heterocycles. The van der Waals surface area contributed by atoms with Crippen molar-refractivity contribution >= 4 is 21.9 Å². The molecule has 3 heteroatoms. The Morgan fingerprint density at radius 2 is 2.07 bits per heavy atom. The summed E-state index contributed by atoms with van der Waals surface area (Å²) >= 11 is 3.31. The van der Waals surface area contributed by atoms with E-state index in [2.05, 4.69) is 29.4 Å². The lowest BCUT2D eigenvalue weighted by Gasteiger charge is -1.98. The third-order valence-corrected chi connectivity index (χ3v) is 3.17. The molecule has 0 radical (unpaired) electrons. The summed E-state index contributed by atoms with van der Waals surface area (Å²) in [5, 5.41) is 0. The molecule has 0 saturated heterocycles. The molecule has 0 saturated carbocycles. The van der Waals surface area contributed by atoms with Gasteiger partial charge in [-0.05, 0) is 28.8 Å². The molecule has 0 spiro atoms. The first-order valence-electron chi connectivity index (χ1n) is 4.97. The molecule has 0 aromatic rings. The van der Waals surface area contributed by atoms with E-state index in [4.69, 9.17) is 4.74 Å². The van der Waals surface area contributed by atoms with Gasteiger partial charge in [-0.15, -0.1) is 0 Å². The lowest BCUT2D eigenvalue weighted by Crippen LogP contribution is -1.98. The fourth-order valence-electron chi connectivity index (χ4n) is 1.42. The number of cyclic esters (lactones) is 1. The first kappa shape index (κ1) is 11.5. The van der Waals surface area contributed by atoms with Crippen LogP contribution in [0.5, 0.6) is 0 Å². The van der Waals surface area contributed by atoms with Crippen molar-refractivity contribution in [2.45, 2.75) is 39.0 Å². The molecule has 0 amide bonds. The third kappa shape index (κ3) is 2.71. The van der Waals surface area contributed by atoms with Crippen LogP contribution in [0.3, 0.4) is 0 Å². The zero-order valence-electron chi connectivity index (χ0n) is 8.44. The van der Waals surface area contributed by atoms with E-state index < -0.39 is 0 Å². The zero-order chi connectivity index (χ0) is 10.6. The van der Waals surface area contributed by atoms with Crippen LogP contribution >= 0.6 is 15.9 Å². The number of esters is 1. The SMILES string of the molecule is C=C1OC(=O)C(CCCCCC)=C1Br. The molecule has 0 aliphatic carbocycles. The lowest BCUT2D eigenvalue weighted by molar-refractivity contribution is -0.133. The fourth-order valence-corrected chi connectivity index (χ4v) is 1.86. The van der Waals surface area contributed by atoms with Gasteiger partial charge in [0.25, 0.3) is 0 Å². The van der Waals surface area contributed by atoms with Gasteiger partial charge in [0.2, 0.25) is 0 Å². The van der Waals surface area contributed by atoms with Crippen LogP contribution < -0.4 is 0 Å². The van der Waals surface area contributed by atoms with Gasteiger partial charge in [0.15, 0.2) is 0 Å². The maximum absolute atomic E-state index is 11.3. The monoisotopic (exact) mass is 258 g/mol. The highest BCUT2D eigenvalue weighted by molar-refractivity contribution is 9.12. The van der Waals surface area contributed by atoms with Crippen molar-refractivity contribution in [1.82, 2.24) is 0 Å². The number of halogens is 1. The number of rotatable bonds is 5. The average Bonchev–Trinajstić information content (AvgIpc) is 2.38. The molecule has 2 nitrogen and oxygen atoms in total. The van der Waals surface area contributed by atoms with E-state index in [-0.39, 0.29) is 5.97 Å². The molecule has 0 fully saturated rings. The second kappa shape index (κ2) is 5.35. The summed E-state index contributed by atoms with van der Waals surface area (Å²) in [6, 6.07) is 0. The molecule has 0 atom stereocenters. The van der Waals surface area contributed by atoms with Gasteiger partial charge in [-0.2, -0.15) is 0 Å². The number of unbranched alkanes of at least 4 members (excludes halogenated alkanes) is 3. The van der Waals surface area contributed by atoms with Gasteiger partial charge in [-0.1, -0.05) is 32.8 Å². The Balaban J connectivity index is 2.43. The van der Waals surface area contributed by atoms with Crippen LogP contribution in [0, 0.1) is 0 Å². The number of hydrogen-bond acceptors (Lipinski definition) is 2. The van der Waals surface area contributed by atoms with Gasteiger partial charge in [-0.3, -0.25) is 0 Å². The van der Waals surface area contributed by atoms with Crippen LogP contribution in [0.1, 0.15) is 39.0 Å². The average molecular weight is 259 g/mol. The molecular weight excluding hydrogens is 244 g/mol. The predicted molar refractivity (Wildman–Crippen MR) is 59.9 cm³/mol. The van der Waals surface area contributed by atoms with Crippen LogP contribution in [-0.2, 0) is 9.53 Å². The number of ether oxygens (including phenoxy) is 1. The molecule has 0 aromatic carbocycles. The highest BCUT2D eigenvalue weighted by Gasteiger charge is 2.25. The topological polar surface area (TPSA) is 26.3 Å². The first-order chi connectivity index (χ1) is 6.66. The number of hydrogen-bond donors (Lipinski definition) is 0. The number of carbonyl (C=O) groups excluding carboxylic acids is 1. The van der Waals surface area contributed by atoms with Gasteiger partial charge in [0, 0.05) is 0 Å². The molecule has 1 rings (SSSR count). The first-order valence-corrected chi connectivity index (χ1v) is 5.76. The largest absolute Gasteiger partial charge is 0.423 e. The van der Waals surface area contributed by atoms with Crippen molar-refractivity contribution < 1.29 is 9.53 Å². The minimum absolute atomic E-state index is 0.238. The minimum atomic E-state index is -0.238. The van der Waals surface area contributed by atoms with Crippen molar-refractivity contribution in [3.63, 3.8) is 0 Å². The van der Waals surface area contributed by atoms with Crippen molar-refractivity contribution in [2.24, 2.45) is 0 Å². The summed E-state index contributed by atoms with van der Waals surface area (Å²) < 4.78 is 5.64. The standard InChI is InChI=1S/C11H15BrO2/c1-3-4-5-6-7-9-10(12)8(2)14-11(9)13/h2-7H2,1H3. The number of carbonyl (C=O) groups is 1. The lowest BCUT2D eigenvalue weighted by atomic mass is 10.1. The second-order valence-electron chi connectivity index (χ2n) is 3.42. The van der Waals surface area contributed by atoms with Crippen molar-refractivity contribution in [1.29, 1.82) is 0 Å². The van der Waals surface area contributed by atoms with E-state index in [9.17, 15) is 4.79 Å². The van der Waals surface area contributed by atoms with Crippen molar-refractivity contribution in [3.8, 4) is 0 Å². The highest BCUT2D eigenvalue weighted by atomic mass is 79.9. The number of allylic oxidation sites excluding steroid dienone is 1. The maximum Gasteiger partial charge on any atom is 0.340 e. The Labute approximate surface area is 93.1 Å². The smallest absolute Gasteiger partial charge is 0.340 e. The van der Waals surface area contributed by atoms with E-state index in [1.165, 1.54) is 19.3 Å². The van der Waals surface area contributed by atoms with E-state index >= 15 is 0 Å². The van der Waals surface area contributed by atoms with Crippen LogP contribution in [0.4, 0.5) is 0 Å². The summed E-state index contributed by atoms with van der Waals surface area (Å²) in [5.74, 6) is 0.207. The van der Waals surface area contributed by atoms with Crippen molar-refractivity contribution in [2.75, 3.05) is 0 Å². The maximum atomic E-state index is 11.3. The Bertz CT molecular complexity index is 279. The van der Waals surface area contributed by atoms with Gasteiger partial charge >= 0.3 is 5.97 Å².